The number of hydrogen-bond donors (Lipinski definition) is 3. The third-order valence-corrected chi connectivity index (χ3v) is 3.93. The smallest absolute Gasteiger partial charge is 0.407 e. The quantitative estimate of drug-likeness (QED) is 0.369. The molecule has 1 unspecified atom stereocenters. The number of alkyl carbamates (subject to hydrolysis) is 1. The Hall–Kier alpha value is -2.44. The van der Waals surface area contributed by atoms with E-state index in [4.69, 9.17) is 4.74 Å². The van der Waals surface area contributed by atoms with Crippen LogP contribution in [-0.2, 0) is 4.74 Å². The lowest BCUT2D eigenvalue weighted by molar-refractivity contribution is 0.0527. The number of nitrogens with one attached hydrogen (secondary N) is 3. The van der Waals surface area contributed by atoms with Crippen LogP contribution in [0.1, 0.15) is 34.1 Å². The summed E-state index contributed by atoms with van der Waals surface area (Å²) in [6.07, 6.45) is 0.391. The first-order valence-electron chi connectivity index (χ1n) is 9.42. The Balaban J connectivity index is 2.24. The highest BCUT2D eigenvalue weighted by molar-refractivity contribution is 5.79. The topological polar surface area (TPSA) is 78.0 Å². The summed E-state index contributed by atoms with van der Waals surface area (Å²) in [7, 11) is 3.83. The molecule has 3 N–H and O–H groups in total. The van der Waals surface area contributed by atoms with Crippen molar-refractivity contribution >= 4 is 17.7 Å². The number of amides is 1. The van der Waals surface area contributed by atoms with Gasteiger partial charge in [-0.15, -0.1) is 0 Å². The summed E-state index contributed by atoms with van der Waals surface area (Å²) in [5, 5.41) is 9.34. The van der Waals surface area contributed by atoms with Gasteiger partial charge in [0.05, 0.1) is 0 Å². The van der Waals surface area contributed by atoms with Gasteiger partial charge in [0, 0.05) is 45.5 Å². The number of carbonyl (C=O) groups excluding carboxylic acids is 1. The van der Waals surface area contributed by atoms with Crippen molar-refractivity contribution in [3.63, 3.8) is 0 Å². The molecule has 0 aliphatic heterocycles. The Morgan fingerprint density at radius 2 is 1.78 bits per heavy atom. The highest BCUT2D eigenvalue weighted by Gasteiger charge is 2.15. The van der Waals surface area contributed by atoms with E-state index in [2.05, 4.69) is 51.9 Å². The fourth-order valence-electron chi connectivity index (χ4n) is 2.32. The fraction of sp³-hybridized carbons (Fsp3) is 0.600. The first-order chi connectivity index (χ1) is 12.7. The number of ether oxygens (including phenoxy) is 1. The second-order valence-electron chi connectivity index (χ2n) is 7.46. The highest BCUT2D eigenvalue weighted by Crippen LogP contribution is 2.13. The molecule has 1 atom stereocenters. The van der Waals surface area contributed by atoms with Gasteiger partial charge in [-0.2, -0.15) is 0 Å². The van der Waals surface area contributed by atoms with Crippen LogP contribution in [0.4, 0.5) is 10.5 Å². The highest BCUT2D eigenvalue weighted by atomic mass is 16.6. The number of likely N-dealkylation sites (N-methyl/N-ethyl adjacent to an activating group) is 1. The maximum atomic E-state index is 11.6. The van der Waals surface area contributed by atoms with Crippen molar-refractivity contribution in [2.45, 2.75) is 45.8 Å². The largest absolute Gasteiger partial charge is 0.444 e. The summed E-state index contributed by atoms with van der Waals surface area (Å²) in [5.41, 5.74) is 0.709. The zero-order valence-electron chi connectivity index (χ0n) is 17.5. The standard InChI is InChI=1S/C20H35N5O2/c1-16(25(6)17-11-8-7-9-12-17)15-24-18(21-5)22-13-10-14-23-19(26)27-20(2,3)4/h7-9,11-12,16H,10,13-15H2,1-6H3,(H,23,26)(H2,21,22,24). The van der Waals surface area contributed by atoms with Crippen molar-refractivity contribution in [1.82, 2.24) is 16.0 Å². The Bertz CT molecular complexity index is 584. The fourth-order valence-corrected chi connectivity index (χ4v) is 2.32. The predicted molar refractivity (Wildman–Crippen MR) is 113 cm³/mol. The van der Waals surface area contributed by atoms with Gasteiger partial charge >= 0.3 is 6.09 Å². The maximum absolute atomic E-state index is 11.6. The molecule has 0 spiro atoms. The van der Waals surface area contributed by atoms with Crippen LogP contribution in [0, 0.1) is 0 Å². The molecular weight excluding hydrogens is 342 g/mol. The number of carbonyl (C=O) groups is 1. The van der Waals surface area contributed by atoms with Crippen LogP contribution >= 0.6 is 0 Å². The van der Waals surface area contributed by atoms with Crippen molar-refractivity contribution in [1.29, 1.82) is 0 Å². The summed E-state index contributed by atoms with van der Waals surface area (Å²) in [4.78, 5) is 18.0. The average molecular weight is 378 g/mol. The number of para-hydroxylation sites is 1. The first kappa shape index (κ1) is 22.6. The molecule has 152 valence electrons. The number of nitrogens with zero attached hydrogens (tertiary/aromatic N) is 2. The van der Waals surface area contributed by atoms with E-state index in [1.54, 1.807) is 7.05 Å². The molecular formula is C20H35N5O2. The lowest BCUT2D eigenvalue weighted by Crippen LogP contribution is -2.45. The van der Waals surface area contributed by atoms with E-state index in [-0.39, 0.29) is 6.09 Å². The minimum Gasteiger partial charge on any atom is -0.444 e. The second kappa shape index (κ2) is 11.3. The van der Waals surface area contributed by atoms with Crippen LogP contribution in [0.2, 0.25) is 0 Å². The van der Waals surface area contributed by atoms with Gasteiger partial charge in [0.15, 0.2) is 5.96 Å². The van der Waals surface area contributed by atoms with Gasteiger partial charge in [0.1, 0.15) is 5.60 Å². The lowest BCUT2D eigenvalue weighted by atomic mass is 10.2. The van der Waals surface area contributed by atoms with Crippen molar-refractivity contribution in [2.24, 2.45) is 4.99 Å². The summed E-state index contributed by atoms with van der Waals surface area (Å²) < 4.78 is 5.20. The minimum atomic E-state index is -0.474. The molecule has 1 rings (SSSR count). The Morgan fingerprint density at radius 1 is 1.15 bits per heavy atom. The number of benzene rings is 1. The lowest BCUT2D eigenvalue weighted by Gasteiger charge is -2.27. The molecule has 1 aromatic carbocycles. The van der Waals surface area contributed by atoms with E-state index in [1.807, 2.05) is 39.0 Å². The third-order valence-electron chi connectivity index (χ3n) is 3.93. The van der Waals surface area contributed by atoms with Crippen LogP contribution < -0.4 is 20.9 Å². The molecule has 0 bridgehead atoms. The molecule has 0 aromatic heterocycles. The van der Waals surface area contributed by atoms with Crippen LogP contribution in [0.15, 0.2) is 35.3 Å². The van der Waals surface area contributed by atoms with Crippen molar-refractivity contribution in [3.05, 3.63) is 30.3 Å². The molecule has 1 aromatic rings. The molecule has 0 aliphatic rings. The summed E-state index contributed by atoms with van der Waals surface area (Å²) >= 11 is 0. The van der Waals surface area contributed by atoms with E-state index < -0.39 is 5.60 Å². The number of guanidine groups is 1. The summed E-state index contributed by atoms with van der Waals surface area (Å²) in [6, 6.07) is 10.6. The molecule has 1 amide bonds. The first-order valence-corrected chi connectivity index (χ1v) is 9.42. The molecule has 0 saturated carbocycles. The predicted octanol–water partition coefficient (Wildman–Crippen LogP) is 2.59. The molecule has 0 fully saturated rings. The Morgan fingerprint density at radius 3 is 2.37 bits per heavy atom. The normalized spacial score (nSPS) is 12.9. The number of anilines is 1. The minimum absolute atomic E-state index is 0.305. The van der Waals surface area contributed by atoms with Gasteiger partial charge in [0.25, 0.3) is 0 Å². The van der Waals surface area contributed by atoms with Crippen molar-refractivity contribution in [3.8, 4) is 0 Å². The van der Waals surface area contributed by atoms with Crippen molar-refractivity contribution in [2.75, 3.05) is 38.6 Å². The monoisotopic (exact) mass is 377 g/mol. The zero-order chi connectivity index (χ0) is 20.3. The number of rotatable bonds is 8. The third kappa shape index (κ3) is 9.72. The van der Waals surface area contributed by atoms with Crippen LogP contribution in [-0.4, -0.2) is 57.4 Å². The van der Waals surface area contributed by atoms with Gasteiger partial charge in [-0.25, -0.2) is 4.79 Å². The zero-order valence-corrected chi connectivity index (χ0v) is 17.5. The van der Waals surface area contributed by atoms with Gasteiger partial charge in [-0.3, -0.25) is 4.99 Å². The molecule has 7 nitrogen and oxygen atoms in total. The van der Waals surface area contributed by atoms with E-state index in [0.29, 0.717) is 19.1 Å². The van der Waals surface area contributed by atoms with Crippen LogP contribution in [0.3, 0.4) is 0 Å². The van der Waals surface area contributed by atoms with E-state index >= 15 is 0 Å². The van der Waals surface area contributed by atoms with Crippen LogP contribution in [0.25, 0.3) is 0 Å². The maximum Gasteiger partial charge on any atom is 0.407 e. The van der Waals surface area contributed by atoms with Crippen LogP contribution in [0.5, 0.6) is 0 Å². The van der Waals surface area contributed by atoms with Gasteiger partial charge in [-0.1, -0.05) is 18.2 Å². The SMILES string of the molecule is CN=C(NCCCNC(=O)OC(C)(C)C)NCC(C)N(C)c1ccccc1. The molecule has 27 heavy (non-hydrogen) atoms. The van der Waals surface area contributed by atoms with E-state index in [9.17, 15) is 4.79 Å². The van der Waals surface area contributed by atoms with E-state index in [0.717, 1.165) is 18.9 Å². The average Bonchev–Trinajstić information content (AvgIpc) is 2.62. The van der Waals surface area contributed by atoms with E-state index in [1.165, 1.54) is 5.69 Å². The molecule has 0 saturated heterocycles. The summed E-state index contributed by atoms with van der Waals surface area (Å²) in [6.45, 7) is 9.73. The van der Waals surface area contributed by atoms with Gasteiger partial charge in [0.2, 0.25) is 0 Å². The molecule has 0 radical (unpaired) electrons. The molecule has 0 heterocycles. The van der Waals surface area contributed by atoms with Gasteiger partial charge < -0.3 is 25.6 Å². The summed E-state index contributed by atoms with van der Waals surface area (Å²) in [5.74, 6) is 0.751. The van der Waals surface area contributed by atoms with Crippen molar-refractivity contribution < 1.29 is 9.53 Å². The number of aliphatic imine (C=N–C) groups is 1. The van der Waals surface area contributed by atoms with Gasteiger partial charge in [-0.05, 0) is 46.2 Å². The molecule has 0 aliphatic carbocycles. The number of hydrogen-bond acceptors (Lipinski definition) is 4. The Labute approximate surface area is 163 Å². The second-order valence-corrected chi connectivity index (χ2v) is 7.46. The molecule has 7 heteroatoms. The Kier molecular flexibility index (Phi) is 9.47.